The summed E-state index contributed by atoms with van der Waals surface area (Å²) in [6.07, 6.45) is 1.97. The van der Waals surface area contributed by atoms with E-state index in [0.29, 0.717) is 11.8 Å². The Morgan fingerprint density at radius 3 is 2.55 bits per heavy atom. The van der Waals surface area contributed by atoms with Crippen LogP contribution in [0.1, 0.15) is 39.9 Å². The van der Waals surface area contributed by atoms with Crippen LogP contribution in [0.15, 0.2) is 24.3 Å². The van der Waals surface area contributed by atoms with E-state index >= 15 is 0 Å². The van der Waals surface area contributed by atoms with E-state index in [-0.39, 0.29) is 6.04 Å². The van der Waals surface area contributed by atoms with Crippen molar-refractivity contribution < 1.29 is 0 Å². The number of hydrogen-bond acceptors (Lipinski definition) is 2. The molecule has 0 aliphatic heterocycles. The Morgan fingerprint density at radius 2 is 1.90 bits per heavy atom. The van der Waals surface area contributed by atoms with Crippen LogP contribution in [0.25, 0.3) is 11.0 Å². The van der Waals surface area contributed by atoms with Crippen molar-refractivity contribution in [1.82, 2.24) is 9.55 Å². The molecule has 2 aromatic rings. The van der Waals surface area contributed by atoms with Gasteiger partial charge in [-0.05, 0) is 30.4 Å². The zero-order valence-corrected chi connectivity index (χ0v) is 13.1. The minimum absolute atomic E-state index is 0.169. The molecule has 0 amide bonds. The summed E-state index contributed by atoms with van der Waals surface area (Å²) in [7, 11) is 0. The lowest BCUT2D eigenvalue weighted by molar-refractivity contribution is 0.339. The predicted octanol–water partition coefficient (Wildman–Crippen LogP) is 3.61. The summed E-state index contributed by atoms with van der Waals surface area (Å²) in [5.74, 6) is 2.24. The zero-order valence-electron chi connectivity index (χ0n) is 13.1. The number of aryl methyl sites for hydroxylation is 1. The van der Waals surface area contributed by atoms with Crippen LogP contribution in [0.3, 0.4) is 0 Å². The van der Waals surface area contributed by atoms with E-state index in [4.69, 9.17) is 10.7 Å². The number of imidazole rings is 1. The Balaban J connectivity index is 2.31. The largest absolute Gasteiger partial charge is 0.328 e. The maximum atomic E-state index is 6.38. The van der Waals surface area contributed by atoms with E-state index in [2.05, 4.69) is 50.5 Å². The van der Waals surface area contributed by atoms with Gasteiger partial charge in [0.2, 0.25) is 0 Å². The molecule has 0 fully saturated rings. The fraction of sp³-hybridized carbons (Fsp3) is 0.588. The Hall–Kier alpha value is -1.35. The molecule has 0 aliphatic carbocycles. The molecule has 2 unspecified atom stereocenters. The number of fused-ring (bicyclic) bond motifs is 1. The molecule has 0 radical (unpaired) electrons. The minimum atomic E-state index is 0.169. The second kappa shape index (κ2) is 6.40. The van der Waals surface area contributed by atoms with E-state index in [1.807, 2.05) is 6.07 Å². The summed E-state index contributed by atoms with van der Waals surface area (Å²) >= 11 is 0. The lowest BCUT2D eigenvalue weighted by atomic mass is 9.89. The third-order valence-electron chi connectivity index (χ3n) is 4.33. The van der Waals surface area contributed by atoms with Crippen LogP contribution in [-0.4, -0.2) is 15.6 Å². The smallest absolute Gasteiger partial charge is 0.111 e. The van der Waals surface area contributed by atoms with Gasteiger partial charge in [0, 0.05) is 19.0 Å². The molecule has 1 aromatic carbocycles. The third kappa shape index (κ3) is 3.04. The fourth-order valence-corrected chi connectivity index (χ4v) is 2.65. The molecule has 20 heavy (non-hydrogen) atoms. The molecule has 1 aromatic heterocycles. The molecule has 0 saturated heterocycles. The van der Waals surface area contributed by atoms with Crippen molar-refractivity contribution in [2.24, 2.45) is 17.6 Å². The van der Waals surface area contributed by atoms with Crippen LogP contribution in [-0.2, 0) is 13.0 Å². The first-order valence-electron chi connectivity index (χ1n) is 7.74. The van der Waals surface area contributed by atoms with Crippen molar-refractivity contribution in [3.05, 3.63) is 30.1 Å². The van der Waals surface area contributed by atoms with Crippen molar-refractivity contribution in [2.75, 3.05) is 0 Å². The van der Waals surface area contributed by atoms with E-state index in [9.17, 15) is 0 Å². The highest BCUT2D eigenvalue weighted by molar-refractivity contribution is 5.75. The van der Waals surface area contributed by atoms with Gasteiger partial charge in [-0.15, -0.1) is 0 Å². The molecule has 0 saturated carbocycles. The number of rotatable bonds is 6. The Kier molecular flexibility index (Phi) is 4.81. The molecule has 3 heteroatoms. The van der Waals surface area contributed by atoms with Crippen LogP contribution in [0.4, 0.5) is 0 Å². The summed E-state index contributed by atoms with van der Waals surface area (Å²) in [5.41, 5.74) is 8.70. The zero-order chi connectivity index (χ0) is 14.7. The van der Waals surface area contributed by atoms with Crippen molar-refractivity contribution >= 4 is 11.0 Å². The fourth-order valence-electron chi connectivity index (χ4n) is 2.65. The van der Waals surface area contributed by atoms with Crippen LogP contribution in [0.5, 0.6) is 0 Å². The Bertz CT molecular complexity index is 556. The minimum Gasteiger partial charge on any atom is -0.328 e. The predicted molar refractivity (Wildman–Crippen MR) is 85.7 cm³/mol. The quantitative estimate of drug-likeness (QED) is 0.873. The molecular weight excluding hydrogens is 246 g/mol. The molecule has 2 atom stereocenters. The van der Waals surface area contributed by atoms with Crippen molar-refractivity contribution in [2.45, 2.75) is 53.1 Å². The van der Waals surface area contributed by atoms with Gasteiger partial charge in [-0.3, -0.25) is 0 Å². The van der Waals surface area contributed by atoms with Gasteiger partial charge < -0.3 is 10.3 Å². The van der Waals surface area contributed by atoms with Gasteiger partial charge in [-0.1, -0.05) is 39.8 Å². The van der Waals surface area contributed by atoms with Gasteiger partial charge in [0.15, 0.2) is 0 Å². The highest BCUT2D eigenvalue weighted by atomic mass is 15.1. The summed E-state index contributed by atoms with van der Waals surface area (Å²) in [5, 5.41) is 0. The van der Waals surface area contributed by atoms with E-state index in [1.54, 1.807) is 0 Å². The molecule has 1 heterocycles. The lowest BCUT2D eigenvalue weighted by Crippen LogP contribution is -2.34. The standard InChI is InChI=1S/C17H27N3/c1-5-10-20-16-9-7-6-8-15(16)19-17(20)11-14(18)13(4)12(2)3/h6-9,12-14H,5,10-11,18H2,1-4H3. The van der Waals surface area contributed by atoms with Gasteiger partial charge in [0.25, 0.3) is 0 Å². The molecule has 2 rings (SSSR count). The van der Waals surface area contributed by atoms with E-state index < -0.39 is 0 Å². The highest BCUT2D eigenvalue weighted by Crippen LogP contribution is 2.21. The van der Waals surface area contributed by atoms with Gasteiger partial charge in [-0.25, -0.2) is 4.98 Å². The SMILES string of the molecule is CCCn1c(CC(N)C(C)C(C)C)nc2ccccc21. The molecular formula is C17H27N3. The number of nitrogens with zero attached hydrogens (tertiary/aromatic N) is 2. The van der Waals surface area contributed by atoms with Gasteiger partial charge in [-0.2, -0.15) is 0 Å². The van der Waals surface area contributed by atoms with Crippen molar-refractivity contribution in [1.29, 1.82) is 0 Å². The van der Waals surface area contributed by atoms with Crippen LogP contribution in [0, 0.1) is 11.8 Å². The maximum Gasteiger partial charge on any atom is 0.111 e. The second-order valence-electron chi connectivity index (χ2n) is 6.14. The van der Waals surface area contributed by atoms with E-state index in [0.717, 1.165) is 30.7 Å². The normalized spacial score (nSPS) is 14.9. The molecule has 0 bridgehead atoms. The molecule has 2 N–H and O–H groups in total. The summed E-state index contributed by atoms with van der Waals surface area (Å²) in [6, 6.07) is 8.53. The summed E-state index contributed by atoms with van der Waals surface area (Å²) in [6.45, 7) is 9.93. The number of nitrogens with two attached hydrogens (primary N) is 1. The highest BCUT2D eigenvalue weighted by Gasteiger charge is 2.20. The van der Waals surface area contributed by atoms with Crippen molar-refractivity contribution in [3.63, 3.8) is 0 Å². The molecule has 0 spiro atoms. The molecule has 110 valence electrons. The lowest BCUT2D eigenvalue weighted by Gasteiger charge is -2.23. The average Bonchev–Trinajstić information content (AvgIpc) is 2.76. The first-order valence-corrected chi connectivity index (χ1v) is 7.74. The average molecular weight is 273 g/mol. The first-order chi connectivity index (χ1) is 9.54. The first kappa shape index (κ1) is 15.0. The number of benzene rings is 1. The number of hydrogen-bond donors (Lipinski definition) is 1. The van der Waals surface area contributed by atoms with Gasteiger partial charge in [0.1, 0.15) is 5.82 Å². The number of para-hydroxylation sites is 2. The van der Waals surface area contributed by atoms with Crippen LogP contribution in [0.2, 0.25) is 0 Å². The topological polar surface area (TPSA) is 43.8 Å². The number of aromatic nitrogens is 2. The van der Waals surface area contributed by atoms with E-state index in [1.165, 1.54) is 5.52 Å². The summed E-state index contributed by atoms with van der Waals surface area (Å²) in [4.78, 5) is 4.80. The Labute approximate surface area is 122 Å². The molecule has 0 aliphatic rings. The van der Waals surface area contributed by atoms with Crippen molar-refractivity contribution in [3.8, 4) is 0 Å². The van der Waals surface area contributed by atoms with Gasteiger partial charge >= 0.3 is 0 Å². The monoisotopic (exact) mass is 273 g/mol. The molecule has 3 nitrogen and oxygen atoms in total. The third-order valence-corrected chi connectivity index (χ3v) is 4.33. The van der Waals surface area contributed by atoms with Crippen LogP contribution < -0.4 is 5.73 Å². The maximum absolute atomic E-state index is 6.38. The van der Waals surface area contributed by atoms with Gasteiger partial charge in [0.05, 0.1) is 11.0 Å². The summed E-state index contributed by atoms with van der Waals surface area (Å²) < 4.78 is 2.34. The second-order valence-corrected chi connectivity index (χ2v) is 6.14. The van der Waals surface area contributed by atoms with Crippen LogP contribution >= 0.6 is 0 Å². The Morgan fingerprint density at radius 1 is 1.20 bits per heavy atom.